The Labute approximate surface area is 198 Å². The molecule has 2 rings (SSSR count). The van der Waals surface area contributed by atoms with Crippen LogP contribution in [0.5, 0.6) is 0 Å². The van der Waals surface area contributed by atoms with Crippen LogP contribution in [0.15, 0.2) is 4.99 Å². The molecule has 0 radical (unpaired) electrons. The minimum atomic E-state index is -0.485. The van der Waals surface area contributed by atoms with E-state index in [1.807, 2.05) is 25.7 Å². The standard InChI is InChI=1S/C21H39N5O3.HI/c1-21(2,3)29-20(28)26-11-7-6-8-17(26)15-24-19(23-5)25-12-9-16(10-13-25)14-18(27)22-4;/h16-17H,6-15H2,1-5H3,(H,22,27)(H,23,24);1H. The van der Waals surface area contributed by atoms with Crippen molar-refractivity contribution in [2.24, 2.45) is 10.9 Å². The number of amides is 2. The molecule has 0 aromatic rings. The van der Waals surface area contributed by atoms with Crippen LogP contribution in [0.3, 0.4) is 0 Å². The highest BCUT2D eigenvalue weighted by molar-refractivity contribution is 14.0. The second-order valence-electron chi connectivity index (χ2n) is 9.06. The Morgan fingerprint density at radius 2 is 1.77 bits per heavy atom. The van der Waals surface area contributed by atoms with Gasteiger partial charge in [-0.05, 0) is 58.8 Å². The molecule has 2 fully saturated rings. The quantitative estimate of drug-likeness (QED) is 0.327. The Bertz CT molecular complexity index is 586. The molecule has 174 valence electrons. The van der Waals surface area contributed by atoms with Gasteiger partial charge in [-0.3, -0.25) is 9.79 Å². The molecule has 9 heteroatoms. The number of ether oxygens (including phenoxy) is 1. The minimum absolute atomic E-state index is 0. The van der Waals surface area contributed by atoms with E-state index in [4.69, 9.17) is 4.74 Å². The zero-order valence-electron chi connectivity index (χ0n) is 19.2. The number of hydrogen-bond donors (Lipinski definition) is 2. The number of carbonyl (C=O) groups excluding carboxylic acids is 2. The zero-order chi connectivity index (χ0) is 21.4. The van der Waals surface area contributed by atoms with Gasteiger partial charge in [-0.1, -0.05) is 0 Å². The van der Waals surface area contributed by atoms with Crippen LogP contribution in [0.25, 0.3) is 0 Å². The molecular formula is C21H40IN5O3. The fourth-order valence-electron chi connectivity index (χ4n) is 4.03. The maximum absolute atomic E-state index is 12.6. The van der Waals surface area contributed by atoms with Crippen molar-refractivity contribution >= 4 is 41.9 Å². The summed E-state index contributed by atoms with van der Waals surface area (Å²) in [6, 6.07) is 0.112. The van der Waals surface area contributed by atoms with Crippen LogP contribution in [0.1, 0.15) is 59.3 Å². The van der Waals surface area contributed by atoms with E-state index in [1.165, 1.54) is 0 Å². The van der Waals surface area contributed by atoms with E-state index in [9.17, 15) is 9.59 Å². The molecule has 1 unspecified atom stereocenters. The van der Waals surface area contributed by atoms with Crippen LogP contribution in [0, 0.1) is 5.92 Å². The normalized spacial score (nSPS) is 21.0. The van der Waals surface area contributed by atoms with Gasteiger partial charge in [0.05, 0.1) is 6.04 Å². The minimum Gasteiger partial charge on any atom is -0.444 e. The van der Waals surface area contributed by atoms with Gasteiger partial charge in [0.25, 0.3) is 0 Å². The molecule has 1 atom stereocenters. The number of rotatable bonds is 4. The number of aliphatic imine (C=N–C) groups is 1. The highest BCUT2D eigenvalue weighted by Crippen LogP contribution is 2.22. The van der Waals surface area contributed by atoms with Crippen molar-refractivity contribution < 1.29 is 14.3 Å². The van der Waals surface area contributed by atoms with E-state index < -0.39 is 5.60 Å². The van der Waals surface area contributed by atoms with Gasteiger partial charge < -0.3 is 25.2 Å². The Morgan fingerprint density at radius 3 is 2.33 bits per heavy atom. The van der Waals surface area contributed by atoms with Crippen LogP contribution < -0.4 is 10.6 Å². The van der Waals surface area contributed by atoms with Crippen LogP contribution in [0.4, 0.5) is 4.79 Å². The summed E-state index contributed by atoms with van der Waals surface area (Å²) in [6.45, 7) is 8.89. The van der Waals surface area contributed by atoms with E-state index in [-0.39, 0.29) is 42.0 Å². The van der Waals surface area contributed by atoms with Crippen molar-refractivity contribution in [1.29, 1.82) is 0 Å². The van der Waals surface area contributed by atoms with E-state index in [0.717, 1.165) is 57.7 Å². The van der Waals surface area contributed by atoms with Crippen LogP contribution >= 0.6 is 24.0 Å². The number of guanidine groups is 1. The monoisotopic (exact) mass is 537 g/mol. The number of likely N-dealkylation sites (tertiary alicyclic amines) is 2. The summed E-state index contributed by atoms with van der Waals surface area (Å²) in [5.74, 6) is 1.42. The van der Waals surface area contributed by atoms with Gasteiger partial charge in [-0.15, -0.1) is 24.0 Å². The maximum atomic E-state index is 12.6. The SMILES string of the molecule is CN=C(NCC1CCCCN1C(=O)OC(C)(C)C)N1CCC(CC(=O)NC)CC1.I. The van der Waals surface area contributed by atoms with E-state index in [1.54, 1.807) is 14.1 Å². The molecule has 2 N–H and O–H groups in total. The van der Waals surface area contributed by atoms with Crippen molar-refractivity contribution in [2.45, 2.75) is 70.9 Å². The number of hydrogen-bond acceptors (Lipinski definition) is 4. The first-order chi connectivity index (χ1) is 13.7. The third kappa shape index (κ3) is 8.47. The molecule has 8 nitrogen and oxygen atoms in total. The molecule has 0 aromatic heterocycles. The molecule has 0 aliphatic carbocycles. The summed E-state index contributed by atoms with van der Waals surface area (Å²) in [6.07, 6.45) is 5.46. The predicted molar refractivity (Wildman–Crippen MR) is 130 cm³/mol. The molecule has 2 amide bonds. The predicted octanol–water partition coefficient (Wildman–Crippen LogP) is 2.82. The first kappa shape index (κ1) is 26.8. The van der Waals surface area contributed by atoms with Crippen molar-refractivity contribution in [3.63, 3.8) is 0 Å². The highest BCUT2D eigenvalue weighted by atomic mass is 127. The Kier molecular flexibility index (Phi) is 11.2. The molecule has 0 bridgehead atoms. The highest BCUT2D eigenvalue weighted by Gasteiger charge is 2.31. The van der Waals surface area contributed by atoms with Crippen molar-refractivity contribution in [1.82, 2.24) is 20.4 Å². The Hall–Kier alpha value is -1.26. The summed E-state index contributed by atoms with van der Waals surface area (Å²) in [5.41, 5.74) is -0.485. The topological polar surface area (TPSA) is 86.3 Å². The molecule has 2 aliphatic rings. The summed E-state index contributed by atoms with van der Waals surface area (Å²) < 4.78 is 5.60. The van der Waals surface area contributed by atoms with E-state index >= 15 is 0 Å². The average Bonchev–Trinajstić information content (AvgIpc) is 2.68. The molecule has 2 aliphatic heterocycles. The molecule has 0 spiro atoms. The zero-order valence-corrected chi connectivity index (χ0v) is 21.5. The third-order valence-corrected chi connectivity index (χ3v) is 5.63. The third-order valence-electron chi connectivity index (χ3n) is 5.63. The van der Waals surface area contributed by atoms with Crippen molar-refractivity contribution in [2.75, 3.05) is 40.3 Å². The molecule has 2 heterocycles. The first-order valence-electron chi connectivity index (χ1n) is 10.9. The second kappa shape index (κ2) is 12.6. The van der Waals surface area contributed by atoms with Gasteiger partial charge >= 0.3 is 6.09 Å². The maximum Gasteiger partial charge on any atom is 0.410 e. The summed E-state index contributed by atoms with van der Waals surface area (Å²) in [7, 11) is 3.49. The summed E-state index contributed by atoms with van der Waals surface area (Å²) in [5, 5.41) is 6.18. The van der Waals surface area contributed by atoms with Crippen molar-refractivity contribution in [3.8, 4) is 0 Å². The lowest BCUT2D eigenvalue weighted by Gasteiger charge is -2.38. The Morgan fingerprint density at radius 1 is 1.10 bits per heavy atom. The summed E-state index contributed by atoms with van der Waals surface area (Å²) in [4.78, 5) is 32.8. The smallest absolute Gasteiger partial charge is 0.410 e. The molecule has 0 saturated carbocycles. The molecule has 30 heavy (non-hydrogen) atoms. The number of nitrogens with zero attached hydrogens (tertiary/aromatic N) is 3. The average molecular weight is 537 g/mol. The van der Waals surface area contributed by atoms with Crippen LogP contribution in [-0.4, -0.2) is 79.7 Å². The van der Waals surface area contributed by atoms with Gasteiger partial charge in [-0.25, -0.2) is 4.79 Å². The van der Waals surface area contributed by atoms with E-state index in [2.05, 4.69) is 20.5 Å². The number of halogens is 1. The van der Waals surface area contributed by atoms with Gasteiger partial charge in [0.15, 0.2) is 5.96 Å². The lowest BCUT2D eigenvalue weighted by molar-refractivity contribution is -0.121. The second-order valence-corrected chi connectivity index (χ2v) is 9.06. The molecule has 0 aromatic carbocycles. The van der Waals surface area contributed by atoms with Crippen LogP contribution in [0.2, 0.25) is 0 Å². The fourth-order valence-corrected chi connectivity index (χ4v) is 4.03. The molecular weight excluding hydrogens is 497 g/mol. The lowest BCUT2D eigenvalue weighted by Crippen LogP contribution is -2.53. The Balaban J connectivity index is 0.00000450. The van der Waals surface area contributed by atoms with Gasteiger partial charge in [0, 0.05) is 46.7 Å². The number of nitrogens with one attached hydrogen (secondary N) is 2. The van der Waals surface area contributed by atoms with Crippen molar-refractivity contribution in [3.05, 3.63) is 0 Å². The van der Waals surface area contributed by atoms with E-state index in [0.29, 0.717) is 18.9 Å². The van der Waals surface area contributed by atoms with Gasteiger partial charge in [0.2, 0.25) is 5.91 Å². The molecule has 2 saturated heterocycles. The largest absolute Gasteiger partial charge is 0.444 e. The number of carbonyl (C=O) groups is 2. The summed E-state index contributed by atoms with van der Waals surface area (Å²) >= 11 is 0. The van der Waals surface area contributed by atoms with Gasteiger partial charge in [0.1, 0.15) is 5.60 Å². The lowest BCUT2D eigenvalue weighted by atomic mass is 9.93. The van der Waals surface area contributed by atoms with Crippen LogP contribution in [-0.2, 0) is 9.53 Å². The fraction of sp³-hybridized carbons (Fsp3) is 0.857. The number of piperidine rings is 2. The van der Waals surface area contributed by atoms with Gasteiger partial charge in [-0.2, -0.15) is 0 Å². The first-order valence-corrected chi connectivity index (χ1v) is 10.9.